The van der Waals surface area contributed by atoms with E-state index >= 15 is 0 Å². The summed E-state index contributed by atoms with van der Waals surface area (Å²) in [5, 5.41) is 3.06. The molecule has 0 unspecified atom stereocenters. The molecule has 2 atom stereocenters. The molecule has 0 fully saturated rings. The summed E-state index contributed by atoms with van der Waals surface area (Å²) in [7, 11) is 0. The minimum absolute atomic E-state index is 0.0469. The van der Waals surface area contributed by atoms with Crippen molar-refractivity contribution in [2.45, 2.75) is 53.2 Å². The lowest BCUT2D eigenvalue weighted by Gasteiger charge is -2.22. The van der Waals surface area contributed by atoms with Crippen LogP contribution in [-0.2, 0) is 4.79 Å². The molecule has 2 rings (SSSR count). The number of hydrogen-bond acceptors (Lipinski definition) is 2. The lowest BCUT2D eigenvalue weighted by Crippen LogP contribution is -2.39. The monoisotopic (exact) mass is 325 g/mol. The van der Waals surface area contributed by atoms with E-state index in [0.29, 0.717) is 6.42 Å². The van der Waals surface area contributed by atoms with Gasteiger partial charge in [0.2, 0.25) is 0 Å². The number of hydrogen-bond donors (Lipinski definition) is 1. The fraction of sp³-hybridized carbons (Fsp3) is 0.381. The van der Waals surface area contributed by atoms with E-state index in [2.05, 4.69) is 24.4 Å². The summed E-state index contributed by atoms with van der Waals surface area (Å²) in [5.74, 6) is 0.700. The highest BCUT2D eigenvalue weighted by Gasteiger charge is 2.21. The van der Waals surface area contributed by atoms with Crippen molar-refractivity contribution in [2.24, 2.45) is 0 Å². The molecule has 0 radical (unpaired) electrons. The summed E-state index contributed by atoms with van der Waals surface area (Å²) in [5.41, 5.74) is 4.47. The van der Waals surface area contributed by atoms with Crippen LogP contribution >= 0.6 is 0 Å². The first-order valence-electron chi connectivity index (χ1n) is 8.51. The number of benzene rings is 2. The van der Waals surface area contributed by atoms with Gasteiger partial charge in [0.1, 0.15) is 5.75 Å². The molecular formula is C21H27NO2. The highest BCUT2D eigenvalue weighted by atomic mass is 16.5. The number of rotatable bonds is 6. The lowest BCUT2D eigenvalue weighted by molar-refractivity contribution is -0.128. The fourth-order valence-corrected chi connectivity index (χ4v) is 2.55. The van der Waals surface area contributed by atoms with Crippen molar-refractivity contribution in [3.05, 3.63) is 64.7 Å². The van der Waals surface area contributed by atoms with Crippen molar-refractivity contribution in [3.63, 3.8) is 0 Å². The quantitative estimate of drug-likeness (QED) is 0.840. The molecule has 0 aliphatic carbocycles. The van der Waals surface area contributed by atoms with Crippen LogP contribution in [0.15, 0.2) is 42.5 Å². The third-order valence-electron chi connectivity index (χ3n) is 4.21. The van der Waals surface area contributed by atoms with Crippen LogP contribution in [0.1, 0.15) is 48.6 Å². The average molecular weight is 325 g/mol. The van der Waals surface area contributed by atoms with Crippen LogP contribution in [0.5, 0.6) is 5.75 Å². The van der Waals surface area contributed by atoms with Gasteiger partial charge in [-0.1, -0.05) is 48.9 Å². The van der Waals surface area contributed by atoms with Gasteiger partial charge in [-0.25, -0.2) is 0 Å². The first kappa shape index (κ1) is 18.1. The second kappa shape index (κ2) is 8.00. The van der Waals surface area contributed by atoms with Crippen molar-refractivity contribution >= 4 is 5.91 Å². The first-order chi connectivity index (χ1) is 11.4. The summed E-state index contributed by atoms with van der Waals surface area (Å²) in [6, 6.07) is 14.2. The second-order valence-corrected chi connectivity index (χ2v) is 6.42. The van der Waals surface area contributed by atoms with Gasteiger partial charge < -0.3 is 10.1 Å². The van der Waals surface area contributed by atoms with Crippen LogP contribution in [-0.4, -0.2) is 12.0 Å². The van der Waals surface area contributed by atoms with Crippen LogP contribution in [0.2, 0.25) is 0 Å². The number of nitrogens with one attached hydrogen (secondary N) is 1. The zero-order chi connectivity index (χ0) is 17.7. The maximum atomic E-state index is 12.6. The van der Waals surface area contributed by atoms with Gasteiger partial charge in [-0.3, -0.25) is 4.79 Å². The van der Waals surface area contributed by atoms with Gasteiger partial charge in [-0.2, -0.15) is 0 Å². The molecular weight excluding hydrogens is 298 g/mol. The molecule has 0 saturated heterocycles. The van der Waals surface area contributed by atoms with Crippen LogP contribution in [0.25, 0.3) is 0 Å². The van der Waals surface area contributed by atoms with Gasteiger partial charge >= 0.3 is 0 Å². The van der Waals surface area contributed by atoms with Gasteiger partial charge in [0.25, 0.3) is 5.91 Å². The molecule has 128 valence electrons. The standard InChI is InChI=1S/C21H27NO2/c1-6-19(24-20-13-15(3)7-10-16(20)4)21(23)22-17(5)18-11-8-14(2)9-12-18/h7-13,17,19H,6H2,1-5H3,(H,22,23)/t17-,19+/m1/s1. The second-order valence-electron chi connectivity index (χ2n) is 6.42. The van der Waals surface area contributed by atoms with E-state index in [4.69, 9.17) is 4.74 Å². The van der Waals surface area contributed by atoms with Crippen molar-refractivity contribution in [2.75, 3.05) is 0 Å². The van der Waals surface area contributed by atoms with Crippen LogP contribution < -0.4 is 10.1 Å². The predicted octanol–water partition coefficient (Wildman–Crippen LogP) is 4.65. The molecule has 0 spiro atoms. The largest absolute Gasteiger partial charge is 0.480 e. The topological polar surface area (TPSA) is 38.3 Å². The molecule has 0 aromatic heterocycles. The van der Waals surface area contributed by atoms with Gasteiger partial charge in [0.15, 0.2) is 6.10 Å². The number of amides is 1. The summed E-state index contributed by atoms with van der Waals surface area (Å²) >= 11 is 0. The van der Waals surface area contributed by atoms with E-state index < -0.39 is 6.10 Å². The maximum absolute atomic E-state index is 12.6. The Morgan fingerprint density at radius 1 is 1.04 bits per heavy atom. The predicted molar refractivity (Wildman–Crippen MR) is 98.4 cm³/mol. The molecule has 0 aliphatic rings. The fourth-order valence-electron chi connectivity index (χ4n) is 2.55. The van der Waals surface area contributed by atoms with E-state index in [1.807, 2.05) is 58.0 Å². The Hall–Kier alpha value is -2.29. The summed E-state index contributed by atoms with van der Waals surface area (Å²) in [6.07, 6.45) is 0.137. The third kappa shape index (κ3) is 4.60. The number of carbonyl (C=O) groups excluding carboxylic acids is 1. The molecule has 2 aromatic carbocycles. The molecule has 3 heteroatoms. The van der Waals surface area contributed by atoms with E-state index in [9.17, 15) is 4.79 Å². The Bertz CT molecular complexity index is 691. The lowest BCUT2D eigenvalue weighted by atomic mass is 10.1. The summed E-state index contributed by atoms with van der Waals surface area (Å²) < 4.78 is 5.98. The molecule has 1 amide bonds. The van der Waals surface area contributed by atoms with Crippen LogP contribution in [0, 0.1) is 20.8 Å². The molecule has 1 N–H and O–H groups in total. The SMILES string of the molecule is CC[C@H](Oc1cc(C)ccc1C)C(=O)N[C@H](C)c1ccc(C)cc1. The van der Waals surface area contributed by atoms with E-state index in [1.54, 1.807) is 0 Å². The molecule has 24 heavy (non-hydrogen) atoms. The maximum Gasteiger partial charge on any atom is 0.261 e. The Balaban J connectivity index is 2.05. The molecule has 0 heterocycles. The van der Waals surface area contributed by atoms with Gasteiger partial charge in [0.05, 0.1) is 6.04 Å². The third-order valence-corrected chi connectivity index (χ3v) is 4.21. The molecule has 0 saturated carbocycles. The highest BCUT2D eigenvalue weighted by molar-refractivity contribution is 5.81. The Morgan fingerprint density at radius 3 is 2.29 bits per heavy atom. The van der Waals surface area contributed by atoms with Gasteiger partial charge in [0, 0.05) is 0 Å². The number of carbonyl (C=O) groups is 1. The Morgan fingerprint density at radius 2 is 1.67 bits per heavy atom. The smallest absolute Gasteiger partial charge is 0.261 e. The normalized spacial score (nSPS) is 13.2. The molecule has 0 aliphatic heterocycles. The minimum atomic E-state index is -0.488. The van der Waals surface area contributed by atoms with Crippen molar-refractivity contribution in [3.8, 4) is 5.75 Å². The van der Waals surface area contributed by atoms with Crippen molar-refractivity contribution in [1.29, 1.82) is 0 Å². The van der Waals surface area contributed by atoms with Gasteiger partial charge in [-0.15, -0.1) is 0 Å². The van der Waals surface area contributed by atoms with Crippen molar-refractivity contribution < 1.29 is 9.53 Å². The molecule has 3 nitrogen and oxygen atoms in total. The molecule has 0 bridgehead atoms. The molecule has 2 aromatic rings. The van der Waals surface area contributed by atoms with E-state index in [1.165, 1.54) is 5.56 Å². The zero-order valence-electron chi connectivity index (χ0n) is 15.2. The first-order valence-corrected chi connectivity index (χ1v) is 8.51. The zero-order valence-corrected chi connectivity index (χ0v) is 15.2. The summed E-state index contributed by atoms with van der Waals surface area (Å²) in [4.78, 5) is 12.6. The van der Waals surface area contributed by atoms with Crippen molar-refractivity contribution in [1.82, 2.24) is 5.32 Å². The average Bonchev–Trinajstić information content (AvgIpc) is 2.56. The number of ether oxygens (including phenoxy) is 1. The highest BCUT2D eigenvalue weighted by Crippen LogP contribution is 2.22. The minimum Gasteiger partial charge on any atom is -0.480 e. The van der Waals surface area contributed by atoms with E-state index in [0.717, 1.165) is 22.4 Å². The van der Waals surface area contributed by atoms with E-state index in [-0.39, 0.29) is 11.9 Å². The van der Waals surface area contributed by atoms with Crippen LogP contribution in [0.4, 0.5) is 0 Å². The van der Waals surface area contributed by atoms with Gasteiger partial charge in [-0.05, 0) is 56.9 Å². The number of aryl methyl sites for hydroxylation is 3. The Labute approximate surface area is 145 Å². The van der Waals surface area contributed by atoms with Crippen LogP contribution in [0.3, 0.4) is 0 Å². The Kier molecular flexibility index (Phi) is 6.02. The summed E-state index contributed by atoms with van der Waals surface area (Å²) in [6.45, 7) is 10.0.